The minimum atomic E-state index is -4.64. The van der Waals surface area contributed by atoms with Gasteiger partial charge in [-0.25, -0.2) is 4.57 Å². The van der Waals surface area contributed by atoms with Crippen molar-refractivity contribution in [1.29, 1.82) is 0 Å². The van der Waals surface area contributed by atoms with Crippen LogP contribution in [0.2, 0.25) is 0 Å². The molecule has 46 valence electrons. The van der Waals surface area contributed by atoms with Crippen molar-refractivity contribution in [2.75, 3.05) is 0 Å². The molecule has 0 amide bonds. The average molecular weight is 197 g/mol. The standard InChI is InChI=1S/Ca.K.H3N.H3O4P.3H/c;;;1-5(2,3)4;;;/h;;1H3;(H3,1,2,3,4);;;/q+2;+1;;;3*-1. The van der Waals surface area contributed by atoms with Gasteiger partial charge in [0, 0.05) is 0 Å². The van der Waals surface area contributed by atoms with Crippen LogP contribution in [-0.2, 0) is 4.57 Å². The number of phosphoric acid groups is 1. The van der Waals surface area contributed by atoms with E-state index in [4.69, 9.17) is 19.2 Å². The molecule has 0 bridgehead atoms. The monoisotopic (exact) mass is 197 g/mol. The third-order valence-electron chi connectivity index (χ3n) is 0. The Morgan fingerprint density at radius 1 is 1.25 bits per heavy atom. The van der Waals surface area contributed by atoms with Gasteiger partial charge >= 0.3 is 96.9 Å². The third-order valence-corrected chi connectivity index (χ3v) is 0. The Kier molecular flexibility index (Phi) is 28.0. The maximum Gasteiger partial charge on any atom is 2.00 e. The van der Waals surface area contributed by atoms with Gasteiger partial charge < -0.3 is 25.1 Å². The molecule has 0 aromatic carbocycles. The van der Waals surface area contributed by atoms with Crippen LogP contribution < -0.4 is 57.5 Å². The van der Waals surface area contributed by atoms with Crippen molar-refractivity contribution in [3.05, 3.63) is 0 Å². The average Bonchev–Trinajstić information content (AvgIpc) is 0.722. The smallest absolute Gasteiger partial charge is 1.00 e. The van der Waals surface area contributed by atoms with Crippen molar-refractivity contribution in [3.63, 3.8) is 0 Å². The van der Waals surface area contributed by atoms with Crippen LogP contribution in [0, 0.1) is 0 Å². The maximum atomic E-state index is 8.88. The summed E-state index contributed by atoms with van der Waals surface area (Å²) >= 11 is 0. The SMILES string of the molecule is N.O=P(O)(O)O.[Ca+2].[H-].[H-].[H-].[K+]. The zero-order chi connectivity index (χ0) is 4.50. The summed E-state index contributed by atoms with van der Waals surface area (Å²) in [6.07, 6.45) is 0. The Labute approximate surface area is 124 Å². The molecular weight excluding hydrogens is 188 g/mol. The Hall–Kier alpha value is 2.97. The second-order valence-electron chi connectivity index (χ2n) is 0.513. The largest absolute Gasteiger partial charge is 2.00 e. The summed E-state index contributed by atoms with van der Waals surface area (Å²) < 4.78 is 8.88. The van der Waals surface area contributed by atoms with Crippen molar-refractivity contribution in [2.24, 2.45) is 0 Å². The molecule has 0 aliphatic heterocycles. The molecule has 0 aliphatic rings. The molecular formula is H9CaKNO4P. The second kappa shape index (κ2) is 9.97. The predicted octanol–water partition coefficient (Wildman–Crippen LogP) is -3.81. The van der Waals surface area contributed by atoms with E-state index in [9.17, 15) is 0 Å². The van der Waals surface area contributed by atoms with E-state index in [1.807, 2.05) is 0 Å². The first-order chi connectivity index (χ1) is 2.00. The van der Waals surface area contributed by atoms with E-state index in [1.54, 1.807) is 0 Å². The minimum absolute atomic E-state index is 0. The van der Waals surface area contributed by atoms with E-state index in [2.05, 4.69) is 0 Å². The molecule has 5 nitrogen and oxygen atoms in total. The van der Waals surface area contributed by atoms with E-state index in [-0.39, 0.29) is 99.6 Å². The van der Waals surface area contributed by atoms with Crippen LogP contribution in [-0.4, -0.2) is 52.4 Å². The topological polar surface area (TPSA) is 113 Å². The molecule has 0 saturated heterocycles. The molecule has 0 atom stereocenters. The molecule has 0 aromatic rings. The van der Waals surface area contributed by atoms with Crippen molar-refractivity contribution in [1.82, 2.24) is 6.15 Å². The third kappa shape index (κ3) is 64.7. The maximum absolute atomic E-state index is 8.88. The van der Waals surface area contributed by atoms with Crippen LogP contribution in [0.25, 0.3) is 0 Å². The molecule has 8 heavy (non-hydrogen) atoms. The summed E-state index contributed by atoms with van der Waals surface area (Å²) in [4.78, 5) is 21.6. The number of rotatable bonds is 0. The molecule has 0 spiro atoms. The van der Waals surface area contributed by atoms with E-state index < -0.39 is 7.82 Å². The molecule has 0 heterocycles. The summed E-state index contributed by atoms with van der Waals surface area (Å²) in [7, 11) is -4.64. The van der Waals surface area contributed by atoms with Gasteiger partial charge in [0.15, 0.2) is 0 Å². The minimum Gasteiger partial charge on any atom is -1.00 e. The van der Waals surface area contributed by atoms with Crippen LogP contribution >= 0.6 is 7.82 Å². The summed E-state index contributed by atoms with van der Waals surface area (Å²) in [6.45, 7) is 0. The van der Waals surface area contributed by atoms with Crippen molar-refractivity contribution >= 4 is 45.6 Å². The van der Waals surface area contributed by atoms with Gasteiger partial charge in [0.25, 0.3) is 0 Å². The zero-order valence-electron chi connectivity index (χ0n) is 7.61. The van der Waals surface area contributed by atoms with Gasteiger partial charge in [-0.3, -0.25) is 0 Å². The first-order valence-corrected chi connectivity index (χ1v) is 2.35. The molecule has 0 unspecified atom stereocenters. The van der Waals surface area contributed by atoms with Crippen molar-refractivity contribution in [2.45, 2.75) is 0 Å². The van der Waals surface area contributed by atoms with E-state index in [1.165, 1.54) is 0 Å². The van der Waals surface area contributed by atoms with Crippen LogP contribution in [0.3, 0.4) is 0 Å². The predicted molar refractivity (Wildman–Crippen MR) is 28.4 cm³/mol. The molecule has 0 fully saturated rings. The summed E-state index contributed by atoms with van der Waals surface area (Å²) in [5.41, 5.74) is 0. The van der Waals surface area contributed by atoms with E-state index >= 15 is 0 Å². The molecule has 0 aromatic heterocycles. The van der Waals surface area contributed by atoms with Crippen molar-refractivity contribution < 1.29 is 74.9 Å². The van der Waals surface area contributed by atoms with Gasteiger partial charge in [-0.05, 0) is 0 Å². The van der Waals surface area contributed by atoms with Gasteiger partial charge in [0.05, 0.1) is 0 Å². The summed E-state index contributed by atoms with van der Waals surface area (Å²) in [5, 5.41) is 0. The van der Waals surface area contributed by atoms with E-state index in [0.717, 1.165) is 0 Å². The fourth-order valence-corrected chi connectivity index (χ4v) is 0. The van der Waals surface area contributed by atoms with Gasteiger partial charge in [-0.15, -0.1) is 0 Å². The Bertz CT molecular complexity index is 71.5. The van der Waals surface area contributed by atoms with Crippen LogP contribution in [0.15, 0.2) is 0 Å². The zero-order valence-corrected chi connectivity index (χ0v) is 10.8. The van der Waals surface area contributed by atoms with Crippen molar-refractivity contribution in [3.8, 4) is 0 Å². The first kappa shape index (κ1) is 22.4. The van der Waals surface area contributed by atoms with Gasteiger partial charge in [0.2, 0.25) is 0 Å². The Balaban J connectivity index is -0.00000000533. The Morgan fingerprint density at radius 3 is 1.25 bits per heavy atom. The normalized spacial score (nSPS) is 7.38. The second-order valence-corrected chi connectivity index (χ2v) is 1.54. The first-order valence-electron chi connectivity index (χ1n) is 0.783. The fraction of sp³-hybridized carbons (Fsp3) is 0. The van der Waals surface area contributed by atoms with Gasteiger partial charge in [0.1, 0.15) is 0 Å². The molecule has 8 heteroatoms. The number of hydrogen-bond donors (Lipinski definition) is 4. The van der Waals surface area contributed by atoms with Crippen LogP contribution in [0.4, 0.5) is 0 Å². The van der Waals surface area contributed by atoms with Gasteiger partial charge in [-0.2, -0.15) is 0 Å². The molecule has 6 N–H and O–H groups in total. The molecule has 0 aliphatic carbocycles. The van der Waals surface area contributed by atoms with Gasteiger partial charge in [-0.1, -0.05) is 0 Å². The molecule has 0 saturated carbocycles. The summed E-state index contributed by atoms with van der Waals surface area (Å²) in [5.74, 6) is 0. The Morgan fingerprint density at radius 2 is 1.25 bits per heavy atom. The van der Waals surface area contributed by atoms with E-state index in [0.29, 0.717) is 0 Å². The molecule has 0 rings (SSSR count). The van der Waals surface area contributed by atoms with Crippen LogP contribution in [0.1, 0.15) is 4.28 Å². The quantitative estimate of drug-likeness (QED) is 0.235. The fourth-order valence-electron chi connectivity index (χ4n) is 0. The van der Waals surface area contributed by atoms with Crippen LogP contribution in [0.5, 0.6) is 0 Å². The molecule has 0 radical (unpaired) electrons. The number of hydrogen-bond acceptors (Lipinski definition) is 2. The summed E-state index contributed by atoms with van der Waals surface area (Å²) in [6, 6.07) is 0.